The monoisotopic (exact) mass is 317 g/mol. The first kappa shape index (κ1) is 17.1. The molecule has 0 aliphatic heterocycles. The summed E-state index contributed by atoms with van der Waals surface area (Å²) in [5.41, 5.74) is 3.54. The third-order valence-corrected chi connectivity index (χ3v) is 4.18. The smallest absolute Gasteiger partial charge is 0.308 e. The van der Waals surface area contributed by atoms with Crippen LogP contribution in [0.25, 0.3) is 11.0 Å². The molecule has 2 rings (SSSR count). The van der Waals surface area contributed by atoms with Gasteiger partial charge in [0, 0.05) is 17.5 Å². The van der Waals surface area contributed by atoms with Gasteiger partial charge in [-0.2, -0.15) is 0 Å². The van der Waals surface area contributed by atoms with Gasteiger partial charge in [0.2, 0.25) is 0 Å². The molecule has 0 aliphatic carbocycles. The van der Waals surface area contributed by atoms with Crippen molar-refractivity contribution in [2.75, 3.05) is 6.54 Å². The van der Waals surface area contributed by atoms with Gasteiger partial charge >= 0.3 is 5.97 Å². The topological polar surface area (TPSA) is 79.5 Å². The maximum absolute atomic E-state index is 12.4. The summed E-state index contributed by atoms with van der Waals surface area (Å²) in [6, 6.07) is 3.97. The second-order valence-electron chi connectivity index (χ2n) is 5.99. The number of amides is 1. The van der Waals surface area contributed by atoms with E-state index < -0.39 is 11.9 Å². The zero-order chi connectivity index (χ0) is 17.1. The third kappa shape index (κ3) is 3.38. The van der Waals surface area contributed by atoms with Crippen molar-refractivity contribution in [3.8, 4) is 0 Å². The van der Waals surface area contributed by atoms with E-state index in [0.717, 1.165) is 34.1 Å². The van der Waals surface area contributed by atoms with E-state index >= 15 is 0 Å². The van der Waals surface area contributed by atoms with Gasteiger partial charge in [-0.3, -0.25) is 9.59 Å². The minimum atomic E-state index is -0.889. The minimum Gasteiger partial charge on any atom is -0.481 e. The van der Waals surface area contributed by atoms with E-state index in [2.05, 4.69) is 5.32 Å². The molecule has 1 unspecified atom stereocenters. The van der Waals surface area contributed by atoms with Crippen LogP contribution in [0.2, 0.25) is 0 Å². The lowest BCUT2D eigenvalue weighted by molar-refractivity contribution is -0.141. The Morgan fingerprint density at radius 1 is 1.22 bits per heavy atom. The summed E-state index contributed by atoms with van der Waals surface area (Å²) in [4.78, 5) is 23.6. The molecule has 5 heteroatoms. The highest BCUT2D eigenvalue weighted by Gasteiger charge is 2.22. The number of aryl methyl sites for hydroxylation is 3. The van der Waals surface area contributed by atoms with Gasteiger partial charge in [-0.1, -0.05) is 25.5 Å². The van der Waals surface area contributed by atoms with E-state index in [1.807, 2.05) is 39.8 Å². The van der Waals surface area contributed by atoms with E-state index in [9.17, 15) is 9.59 Å². The number of hydrogen-bond acceptors (Lipinski definition) is 3. The molecule has 0 radical (unpaired) electrons. The lowest BCUT2D eigenvalue weighted by atomic mass is 10.0. The number of fused-ring (bicyclic) bond motifs is 1. The van der Waals surface area contributed by atoms with Gasteiger partial charge in [-0.25, -0.2) is 0 Å². The summed E-state index contributed by atoms with van der Waals surface area (Å²) in [7, 11) is 0. The number of nitrogens with one attached hydrogen (secondary N) is 1. The Labute approximate surface area is 135 Å². The highest BCUT2D eigenvalue weighted by molar-refractivity contribution is 6.00. The molecule has 2 aromatic rings. The van der Waals surface area contributed by atoms with Crippen molar-refractivity contribution in [2.45, 2.75) is 40.5 Å². The van der Waals surface area contributed by atoms with Gasteiger partial charge in [-0.05, 0) is 38.3 Å². The molecule has 23 heavy (non-hydrogen) atoms. The lowest BCUT2D eigenvalue weighted by Gasteiger charge is -2.11. The number of furan rings is 1. The molecular formula is C18H23NO4. The summed E-state index contributed by atoms with van der Waals surface area (Å²) < 4.78 is 5.77. The average molecular weight is 317 g/mol. The van der Waals surface area contributed by atoms with E-state index in [1.165, 1.54) is 0 Å². The van der Waals surface area contributed by atoms with Crippen LogP contribution in [-0.4, -0.2) is 23.5 Å². The van der Waals surface area contributed by atoms with Crippen LogP contribution >= 0.6 is 0 Å². The molecule has 1 amide bonds. The molecule has 0 fully saturated rings. The van der Waals surface area contributed by atoms with Crippen molar-refractivity contribution in [3.63, 3.8) is 0 Å². The van der Waals surface area contributed by atoms with E-state index in [-0.39, 0.29) is 18.2 Å². The van der Waals surface area contributed by atoms with Gasteiger partial charge < -0.3 is 14.8 Å². The van der Waals surface area contributed by atoms with Gasteiger partial charge in [0.05, 0.1) is 5.92 Å². The Bertz CT molecular complexity index is 745. The Balaban J connectivity index is 2.25. The summed E-state index contributed by atoms with van der Waals surface area (Å²) in [5, 5.41) is 12.8. The fourth-order valence-corrected chi connectivity index (χ4v) is 2.85. The number of rotatable bonds is 6. The molecule has 1 atom stereocenters. The molecule has 0 saturated heterocycles. The zero-order valence-electron chi connectivity index (χ0n) is 14.0. The Morgan fingerprint density at radius 2 is 1.87 bits per heavy atom. The molecule has 5 nitrogen and oxygen atoms in total. The molecule has 1 heterocycles. The van der Waals surface area contributed by atoms with Crippen molar-refractivity contribution in [2.24, 2.45) is 5.92 Å². The molecule has 1 aromatic heterocycles. The van der Waals surface area contributed by atoms with E-state index in [0.29, 0.717) is 6.42 Å². The second-order valence-corrected chi connectivity index (χ2v) is 5.99. The first-order valence-corrected chi connectivity index (χ1v) is 7.87. The van der Waals surface area contributed by atoms with Crippen LogP contribution in [0.5, 0.6) is 0 Å². The number of carbonyl (C=O) groups is 2. The second kappa shape index (κ2) is 6.86. The fourth-order valence-electron chi connectivity index (χ4n) is 2.85. The lowest BCUT2D eigenvalue weighted by Crippen LogP contribution is -2.33. The van der Waals surface area contributed by atoms with Gasteiger partial charge in [-0.15, -0.1) is 0 Å². The number of carbonyl (C=O) groups excluding carboxylic acids is 1. The Kier molecular flexibility index (Phi) is 5.08. The van der Waals surface area contributed by atoms with Crippen LogP contribution in [0.4, 0.5) is 0 Å². The third-order valence-electron chi connectivity index (χ3n) is 4.18. The maximum Gasteiger partial charge on any atom is 0.308 e. The molecule has 1 aromatic carbocycles. The summed E-state index contributed by atoms with van der Waals surface area (Å²) in [6.07, 6.45) is 1.29. The molecule has 0 saturated carbocycles. The highest BCUT2D eigenvalue weighted by atomic mass is 16.4. The summed E-state index contributed by atoms with van der Waals surface area (Å²) in [5.74, 6) is -1.56. The molecule has 0 spiro atoms. The number of hydrogen-bond donors (Lipinski definition) is 2. The van der Waals surface area contributed by atoms with Crippen LogP contribution in [0.3, 0.4) is 0 Å². The van der Waals surface area contributed by atoms with E-state index in [1.54, 1.807) is 0 Å². The number of benzene rings is 1. The molecule has 124 valence electrons. The average Bonchev–Trinajstić information content (AvgIpc) is 2.86. The van der Waals surface area contributed by atoms with Crippen molar-refractivity contribution in [3.05, 3.63) is 34.6 Å². The van der Waals surface area contributed by atoms with Crippen LogP contribution in [0, 0.1) is 26.7 Å². The van der Waals surface area contributed by atoms with Crippen molar-refractivity contribution in [1.82, 2.24) is 5.32 Å². The molecule has 0 aliphatic rings. The van der Waals surface area contributed by atoms with Gasteiger partial charge in [0.25, 0.3) is 5.91 Å². The first-order valence-electron chi connectivity index (χ1n) is 7.87. The maximum atomic E-state index is 12.4. The number of aliphatic carboxylic acids is 1. The van der Waals surface area contributed by atoms with Gasteiger partial charge in [0.15, 0.2) is 5.76 Å². The fraction of sp³-hybridized carbons (Fsp3) is 0.444. The zero-order valence-corrected chi connectivity index (χ0v) is 14.0. The quantitative estimate of drug-likeness (QED) is 0.853. The predicted octanol–water partition coefficient (Wildman–Crippen LogP) is 3.59. The van der Waals surface area contributed by atoms with E-state index in [4.69, 9.17) is 9.52 Å². The molecule has 0 bridgehead atoms. The largest absolute Gasteiger partial charge is 0.481 e. The highest BCUT2D eigenvalue weighted by Crippen LogP contribution is 2.30. The number of carboxylic acids is 1. The van der Waals surface area contributed by atoms with Crippen LogP contribution in [0.1, 0.15) is 47.0 Å². The molecule has 2 N–H and O–H groups in total. The Morgan fingerprint density at radius 3 is 2.43 bits per heavy atom. The van der Waals surface area contributed by atoms with Crippen molar-refractivity contribution < 1.29 is 19.1 Å². The first-order chi connectivity index (χ1) is 10.9. The van der Waals surface area contributed by atoms with Crippen molar-refractivity contribution in [1.29, 1.82) is 0 Å². The van der Waals surface area contributed by atoms with Gasteiger partial charge in [0.1, 0.15) is 5.58 Å². The number of carboxylic acid groups (broad SMARTS) is 1. The minimum absolute atomic E-state index is 0.108. The Hall–Kier alpha value is -2.30. The standard InChI is InChI=1S/C18H23NO4/c1-5-6-13(18(21)22)9-19-17(20)16-12(4)14-10(2)7-8-11(3)15(14)23-16/h7-8,13H,5-6,9H2,1-4H3,(H,19,20)(H,21,22). The molecular weight excluding hydrogens is 294 g/mol. The van der Waals surface area contributed by atoms with Crippen molar-refractivity contribution >= 4 is 22.8 Å². The SMILES string of the molecule is CCCC(CNC(=O)c1oc2c(C)ccc(C)c2c1C)C(=O)O. The van der Waals surface area contributed by atoms with Crippen LogP contribution in [-0.2, 0) is 4.79 Å². The predicted molar refractivity (Wildman–Crippen MR) is 88.8 cm³/mol. The van der Waals surface area contributed by atoms with Crippen LogP contribution in [0.15, 0.2) is 16.5 Å². The van der Waals surface area contributed by atoms with Crippen LogP contribution < -0.4 is 5.32 Å². The summed E-state index contributed by atoms with van der Waals surface area (Å²) >= 11 is 0. The summed E-state index contributed by atoms with van der Waals surface area (Å²) in [6.45, 7) is 7.80. The normalized spacial score (nSPS) is 12.3.